The first-order chi connectivity index (χ1) is 26.3. The largest absolute Gasteiger partial charge is 3.00 e. The van der Waals surface area contributed by atoms with Crippen molar-refractivity contribution in [2.24, 2.45) is 0 Å². The summed E-state index contributed by atoms with van der Waals surface area (Å²) in [5.41, 5.74) is 17.6. The van der Waals surface area contributed by atoms with Crippen LogP contribution in [-0.4, -0.2) is 9.55 Å². The van der Waals surface area contributed by atoms with Gasteiger partial charge in [0.2, 0.25) is 0 Å². The first-order valence-electron chi connectivity index (χ1n) is 19.0. The zero-order chi connectivity index (χ0) is 37.1. The Morgan fingerprint density at radius 2 is 1.22 bits per heavy atom. The van der Waals surface area contributed by atoms with Crippen LogP contribution in [0.5, 0.6) is 0 Å². The van der Waals surface area contributed by atoms with Crippen LogP contribution < -0.4 is 4.98 Å². The van der Waals surface area contributed by atoms with E-state index < -0.39 is 0 Å². The molecule has 0 aliphatic heterocycles. The van der Waals surface area contributed by atoms with Gasteiger partial charge in [-0.25, -0.2) is 0 Å². The van der Waals surface area contributed by atoms with Crippen molar-refractivity contribution < 1.29 is 22.4 Å². The molecule has 0 atom stereocenters. The molecule has 7 aromatic carbocycles. The van der Waals surface area contributed by atoms with E-state index in [2.05, 4.69) is 192 Å². The van der Waals surface area contributed by atoms with Crippen LogP contribution in [0.4, 0.5) is 0 Å². The van der Waals surface area contributed by atoms with Gasteiger partial charge in [-0.15, -0.1) is 34.3 Å². The van der Waals surface area contributed by atoms with Crippen LogP contribution in [0.1, 0.15) is 61.8 Å². The van der Waals surface area contributed by atoms with Gasteiger partial charge in [-0.3, -0.25) is 4.98 Å². The number of fused-ring (bicyclic) bond motifs is 4. The average molecular weight is 894 g/mol. The maximum absolute atomic E-state index is 5.40. The quantitative estimate of drug-likeness (QED) is 0.118. The number of hydrogen-bond donors (Lipinski definition) is 0. The van der Waals surface area contributed by atoms with E-state index in [9.17, 15) is 0 Å². The molecule has 4 heteroatoms. The molecule has 0 spiro atoms. The summed E-state index contributed by atoms with van der Waals surface area (Å²) in [5, 5.41) is 2.34. The number of rotatable bonds is 7. The summed E-state index contributed by atoms with van der Waals surface area (Å²) in [6.45, 7) is 13.5. The molecule has 2 heterocycles. The van der Waals surface area contributed by atoms with Gasteiger partial charge in [0, 0.05) is 5.69 Å². The summed E-state index contributed by atoms with van der Waals surface area (Å²) in [4.78, 5) is 10.5. The fraction of sp³-hybridized carbons (Fsp3) is 0.157. The van der Waals surface area contributed by atoms with E-state index in [1.165, 1.54) is 33.2 Å². The van der Waals surface area contributed by atoms with Crippen LogP contribution in [0, 0.1) is 26.0 Å². The van der Waals surface area contributed by atoms with Crippen LogP contribution in [-0.2, 0) is 22.4 Å². The average Bonchev–Trinajstić information content (AvgIpc) is 3.77. The third-order valence-electron chi connectivity index (χ3n) is 10.8. The summed E-state index contributed by atoms with van der Waals surface area (Å²) in [6.07, 6.45) is 0. The zero-order valence-electron chi connectivity index (χ0n) is 32.0. The first kappa shape index (κ1) is 36.5. The van der Waals surface area contributed by atoms with Gasteiger partial charge in [-0.2, -0.15) is 34.8 Å². The molecular weight excluding hydrogens is 852 g/mol. The van der Waals surface area contributed by atoms with Gasteiger partial charge in [0.05, 0.1) is 16.9 Å². The minimum atomic E-state index is 0. The van der Waals surface area contributed by atoms with Gasteiger partial charge in [-0.1, -0.05) is 161 Å². The number of para-hydroxylation sites is 5. The fourth-order valence-electron chi connectivity index (χ4n) is 8.18. The van der Waals surface area contributed by atoms with Crippen molar-refractivity contribution in [2.75, 3.05) is 0 Å². The van der Waals surface area contributed by atoms with Crippen LogP contribution >= 0.6 is 0 Å². The number of aromatic nitrogens is 3. The standard InChI is InChI=1S/C51H42N3.Au/c1-31(2)39-19-14-20-40(32(3)4)50(39)54-48-25-13-12-24-47(48)53-51(54)38-28-36(35-16-8-7-9-17-35)27-37(29-38)44-30-45(34(6)26-33(44)5)43-22-15-21-42-41-18-10-11-23-46(41)52-49(42)43;/h7-28,31-32H,1-6H3;/q-3;+3. The molecular formula is C51H42AuN3. The van der Waals surface area contributed by atoms with Gasteiger partial charge in [-0.05, 0) is 51.4 Å². The fourth-order valence-corrected chi connectivity index (χ4v) is 8.18. The minimum Gasteiger partial charge on any atom is -0.663 e. The van der Waals surface area contributed by atoms with Crippen molar-refractivity contribution in [3.05, 3.63) is 168 Å². The smallest absolute Gasteiger partial charge is 0.663 e. The van der Waals surface area contributed by atoms with E-state index in [0.717, 1.165) is 72.4 Å². The van der Waals surface area contributed by atoms with Crippen molar-refractivity contribution in [3.8, 4) is 50.5 Å². The first-order valence-corrected chi connectivity index (χ1v) is 19.0. The number of benzene rings is 7. The maximum Gasteiger partial charge on any atom is 3.00 e. The minimum absolute atomic E-state index is 0. The third kappa shape index (κ3) is 6.37. The molecule has 9 aromatic rings. The molecule has 272 valence electrons. The SMILES string of the molecule is Cc1cc(C)c(-c2cccc3c2[n-]c2ccccc23)[c-]c1-c1[c-]c(-c2nc3ccccc3n2-c2c(C(C)C)cccc2C(C)C)cc(-c2ccccc2)c1.[Au+3]. The van der Waals surface area contributed by atoms with E-state index in [-0.39, 0.29) is 22.4 Å². The molecule has 0 aliphatic rings. The molecule has 0 saturated heterocycles. The normalized spacial score (nSPS) is 11.6. The predicted molar refractivity (Wildman–Crippen MR) is 226 cm³/mol. The Labute approximate surface area is 339 Å². The Morgan fingerprint density at radius 3 is 1.98 bits per heavy atom. The molecule has 2 aromatic heterocycles. The molecule has 0 fully saturated rings. The topological polar surface area (TPSA) is 31.9 Å². The molecule has 0 unspecified atom stereocenters. The summed E-state index contributed by atoms with van der Waals surface area (Å²) in [6, 6.07) is 55.5. The molecule has 3 nitrogen and oxygen atoms in total. The third-order valence-corrected chi connectivity index (χ3v) is 10.8. The van der Waals surface area contributed by atoms with Gasteiger partial charge in [0.25, 0.3) is 0 Å². The molecule has 0 N–H and O–H groups in total. The van der Waals surface area contributed by atoms with Gasteiger partial charge in [0.1, 0.15) is 0 Å². The van der Waals surface area contributed by atoms with Gasteiger partial charge >= 0.3 is 22.4 Å². The maximum atomic E-state index is 5.40. The van der Waals surface area contributed by atoms with Crippen molar-refractivity contribution >= 4 is 32.8 Å². The monoisotopic (exact) mass is 893 g/mol. The molecule has 0 saturated carbocycles. The van der Waals surface area contributed by atoms with Crippen molar-refractivity contribution in [1.29, 1.82) is 0 Å². The Balaban J connectivity index is 0.00000427. The van der Waals surface area contributed by atoms with Crippen LogP contribution in [0.25, 0.3) is 83.3 Å². The summed E-state index contributed by atoms with van der Waals surface area (Å²) in [7, 11) is 0. The van der Waals surface area contributed by atoms with Crippen molar-refractivity contribution in [3.63, 3.8) is 0 Å². The van der Waals surface area contributed by atoms with Crippen molar-refractivity contribution in [1.82, 2.24) is 14.5 Å². The number of aryl methyl sites for hydroxylation is 2. The Bertz CT molecular complexity index is 2830. The predicted octanol–water partition coefficient (Wildman–Crippen LogP) is 13.4. The molecule has 0 radical (unpaired) electrons. The van der Waals surface area contributed by atoms with Gasteiger partial charge in [0.15, 0.2) is 0 Å². The van der Waals surface area contributed by atoms with E-state index >= 15 is 0 Å². The Kier molecular flexibility index (Phi) is 9.73. The number of hydrogen-bond acceptors (Lipinski definition) is 1. The second-order valence-electron chi connectivity index (χ2n) is 15.1. The number of imidazole rings is 1. The van der Waals surface area contributed by atoms with Crippen LogP contribution in [0.3, 0.4) is 0 Å². The van der Waals surface area contributed by atoms with Crippen molar-refractivity contribution in [2.45, 2.75) is 53.4 Å². The Morgan fingerprint density at radius 1 is 0.582 bits per heavy atom. The molecule has 0 bridgehead atoms. The van der Waals surface area contributed by atoms with Crippen LogP contribution in [0.2, 0.25) is 0 Å². The molecule has 9 rings (SSSR count). The summed E-state index contributed by atoms with van der Waals surface area (Å²) >= 11 is 0. The number of nitrogens with zero attached hydrogens (tertiary/aromatic N) is 3. The van der Waals surface area contributed by atoms with E-state index in [0.29, 0.717) is 11.8 Å². The van der Waals surface area contributed by atoms with Gasteiger partial charge < -0.3 is 9.55 Å². The molecule has 0 aliphatic carbocycles. The van der Waals surface area contributed by atoms with E-state index in [1.54, 1.807) is 0 Å². The molecule has 0 amide bonds. The second kappa shape index (κ2) is 14.7. The Hall–Kier alpha value is -5.45. The second-order valence-corrected chi connectivity index (χ2v) is 15.1. The summed E-state index contributed by atoms with van der Waals surface area (Å²) < 4.78 is 2.40. The zero-order valence-corrected chi connectivity index (χ0v) is 34.2. The summed E-state index contributed by atoms with van der Waals surface area (Å²) in [5.74, 6) is 1.53. The molecule has 55 heavy (non-hydrogen) atoms. The van der Waals surface area contributed by atoms with Crippen LogP contribution in [0.15, 0.2) is 133 Å². The van der Waals surface area contributed by atoms with E-state index in [4.69, 9.17) is 9.97 Å². The van der Waals surface area contributed by atoms with E-state index in [1.807, 2.05) is 0 Å².